The van der Waals surface area contributed by atoms with Gasteiger partial charge in [-0.25, -0.2) is 0 Å². The van der Waals surface area contributed by atoms with Gasteiger partial charge in [-0.05, 0) is 32.0 Å². The number of fused-ring (bicyclic) bond motifs is 1. The first kappa shape index (κ1) is 16.8. The van der Waals surface area contributed by atoms with Crippen LogP contribution in [0.15, 0.2) is 46.9 Å². The molecule has 0 unspecified atom stereocenters. The van der Waals surface area contributed by atoms with Gasteiger partial charge >= 0.3 is 0 Å². The molecular weight excluding hydrogens is 370 g/mol. The number of nitrogens with zero attached hydrogens (tertiary/aromatic N) is 2. The highest BCUT2D eigenvalue weighted by atomic mass is 35.5. The summed E-state index contributed by atoms with van der Waals surface area (Å²) in [5.74, 6) is 0.467. The molecule has 26 heavy (non-hydrogen) atoms. The Bertz CT molecular complexity index is 1120. The van der Waals surface area contributed by atoms with Crippen LogP contribution in [-0.4, -0.2) is 15.3 Å². The Balaban J connectivity index is 1.59. The van der Waals surface area contributed by atoms with E-state index in [0.29, 0.717) is 21.6 Å². The van der Waals surface area contributed by atoms with Gasteiger partial charge in [0.1, 0.15) is 5.58 Å². The monoisotopic (exact) mass is 383 g/mol. The van der Waals surface area contributed by atoms with Crippen molar-refractivity contribution in [1.82, 2.24) is 9.36 Å². The van der Waals surface area contributed by atoms with Gasteiger partial charge in [0.2, 0.25) is 5.13 Å². The third-order valence-electron chi connectivity index (χ3n) is 4.06. The van der Waals surface area contributed by atoms with Gasteiger partial charge in [-0.1, -0.05) is 41.4 Å². The highest BCUT2D eigenvalue weighted by molar-refractivity contribution is 7.10. The first-order valence-corrected chi connectivity index (χ1v) is 9.07. The van der Waals surface area contributed by atoms with Gasteiger partial charge < -0.3 is 4.42 Å². The molecule has 0 aliphatic rings. The van der Waals surface area contributed by atoms with E-state index in [2.05, 4.69) is 14.7 Å². The maximum Gasteiger partial charge on any atom is 0.293 e. The molecule has 0 aliphatic carbocycles. The summed E-state index contributed by atoms with van der Waals surface area (Å²) in [5.41, 5.74) is 3.43. The van der Waals surface area contributed by atoms with Crippen LogP contribution in [0.5, 0.6) is 0 Å². The van der Waals surface area contributed by atoms with Crippen molar-refractivity contribution in [2.75, 3.05) is 5.32 Å². The molecule has 2 aromatic heterocycles. The van der Waals surface area contributed by atoms with Gasteiger partial charge in [0.25, 0.3) is 5.91 Å². The van der Waals surface area contributed by atoms with Crippen LogP contribution in [0.1, 0.15) is 21.7 Å². The van der Waals surface area contributed by atoms with E-state index in [0.717, 1.165) is 33.6 Å². The predicted octanol–water partition coefficient (Wildman–Crippen LogP) is 5.47. The number of aromatic nitrogens is 2. The van der Waals surface area contributed by atoms with E-state index in [1.54, 1.807) is 18.2 Å². The van der Waals surface area contributed by atoms with Gasteiger partial charge in [0.05, 0.1) is 0 Å². The second kappa shape index (κ2) is 6.55. The molecule has 5 nitrogen and oxygen atoms in total. The summed E-state index contributed by atoms with van der Waals surface area (Å²) < 4.78 is 9.99. The first-order chi connectivity index (χ1) is 12.5. The molecule has 0 aliphatic heterocycles. The lowest BCUT2D eigenvalue weighted by atomic mass is 10.1. The highest BCUT2D eigenvalue weighted by Crippen LogP contribution is 2.29. The summed E-state index contributed by atoms with van der Waals surface area (Å²) >= 11 is 7.15. The molecule has 4 rings (SSSR count). The average molecular weight is 384 g/mol. The fraction of sp³-hybridized carbons (Fsp3) is 0.105. The molecular formula is C19H14ClN3O2S. The molecule has 1 N–H and O–H groups in total. The van der Waals surface area contributed by atoms with E-state index >= 15 is 0 Å². The maximum absolute atomic E-state index is 12.6. The maximum atomic E-state index is 12.6. The molecule has 0 bridgehead atoms. The van der Waals surface area contributed by atoms with Gasteiger partial charge in [-0.15, -0.1) is 0 Å². The van der Waals surface area contributed by atoms with Crippen LogP contribution < -0.4 is 5.32 Å². The summed E-state index contributed by atoms with van der Waals surface area (Å²) in [4.78, 5) is 17.0. The van der Waals surface area contributed by atoms with E-state index in [9.17, 15) is 4.79 Å². The zero-order valence-electron chi connectivity index (χ0n) is 14.0. The number of halogens is 1. The summed E-state index contributed by atoms with van der Waals surface area (Å²) in [6.45, 7) is 3.85. The number of furan rings is 1. The van der Waals surface area contributed by atoms with Gasteiger partial charge in [-0.3, -0.25) is 10.1 Å². The van der Waals surface area contributed by atoms with Crippen molar-refractivity contribution in [3.05, 3.63) is 64.4 Å². The number of amides is 1. The Morgan fingerprint density at radius 1 is 1.15 bits per heavy atom. The number of hydrogen-bond donors (Lipinski definition) is 1. The molecule has 0 radical (unpaired) electrons. The topological polar surface area (TPSA) is 68.0 Å². The Kier molecular flexibility index (Phi) is 4.22. The van der Waals surface area contributed by atoms with Crippen molar-refractivity contribution in [1.29, 1.82) is 0 Å². The van der Waals surface area contributed by atoms with E-state index in [4.69, 9.17) is 16.0 Å². The Labute approximate surface area is 158 Å². The fourth-order valence-corrected chi connectivity index (χ4v) is 3.41. The minimum atomic E-state index is -0.360. The summed E-state index contributed by atoms with van der Waals surface area (Å²) in [5, 5.41) is 4.59. The molecule has 0 atom stereocenters. The molecule has 2 heterocycles. The predicted molar refractivity (Wildman–Crippen MR) is 104 cm³/mol. The quantitative estimate of drug-likeness (QED) is 0.509. The van der Waals surface area contributed by atoms with Crippen LogP contribution in [0.2, 0.25) is 5.02 Å². The van der Waals surface area contributed by atoms with Crippen LogP contribution in [-0.2, 0) is 0 Å². The molecule has 0 spiro atoms. The standard InChI is InChI=1S/C19H14ClN3O2S/c1-10-3-5-12(6-4-10)17-21-19(26-23-17)22-18(24)16-11(2)14-9-13(20)7-8-15(14)25-16/h3-9H,1-2H3,(H,21,22,23,24). The lowest BCUT2D eigenvalue weighted by molar-refractivity contribution is 0.0998. The van der Waals surface area contributed by atoms with Crippen LogP contribution in [0, 0.1) is 13.8 Å². The normalized spacial score (nSPS) is 11.0. The minimum absolute atomic E-state index is 0.245. The summed E-state index contributed by atoms with van der Waals surface area (Å²) in [7, 11) is 0. The second-order valence-electron chi connectivity index (χ2n) is 5.94. The molecule has 0 saturated carbocycles. The van der Waals surface area contributed by atoms with E-state index in [1.807, 2.05) is 38.1 Å². The highest BCUT2D eigenvalue weighted by Gasteiger charge is 2.19. The number of anilines is 1. The average Bonchev–Trinajstić information content (AvgIpc) is 3.21. The van der Waals surface area contributed by atoms with E-state index < -0.39 is 0 Å². The zero-order chi connectivity index (χ0) is 18.3. The third kappa shape index (κ3) is 3.09. The van der Waals surface area contributed by atoms with Crippen LogP contribution in [0.3, 0.4) is 0 Å². The first-order valence-electron chi connectivity index (χ1n) is 7.92. The molecule has 0 saturated heterocycles. The van der Waals surface area contributed by atoms with Crippen molar-refractivity contribution in [2.24, 2.45) is 0 Å². The molecule has 0 fully saturated rings. The number of nitrogens with one attached hydrogen (secondary N) is 1. The van der Waals surface area contributed by atoms with E-state index in [-0.39, 0.29) is 11.7 Å². The summed E-state index contributed by atoms with van der Waals surface area (Å²) in [6.07, 6.45) is 0. The van der Waals surface area contributed by atoms with Crippen molar-refractivity contribution in [3.63, 3.8) is 0 Å². The number of rotatable bonds is 3. The minimum Gasteiger partial charge on any atom is -0.451 e. The Morgan fingerprint density at radius 2 is 1.92 bits per heavy atom. The van der Waals surface area contributed by atoms with Gasteiger partial charge in [0, 0.05) is 33.1 Å². The molecule has 2 aromatic carbocycles. The smallest absolute Gasteiger partial charge is 0.293 e. The lowest BCUT2D eigenvalue weighted by Crippen LogP contribution is -2.11. The number of benzene rings is 2. The third-order valence-corrected chi connectivity index (χ3v) is 4.93. The number of carbonyl (C=O) groups excluding carboxylic acids is 1. The Hall–Kier alpha value is -2.70. The van der Waals surface area contributed by atoms with Gasteiger partial charge in [-0.2, -0.15) is 9.36 Å². The van der Waals surface area contributed by atoms with Gasteiger partial charge in [0.15, 0.2) is 11.6 Å². The van der Waals surface area contributed by atoms with Crippen molar-refractivity contribution in [2.45, 2.75) is 13.8 Å². The number of hydrogen-bond acceptors (Lipinski definition) is 5. The lowest BCUT2D eigenvalue weighted by Gasteiger charge is -1.99. The van der Waals surface area contributed by atoms with Crippen molar-refractivity contribution < 1.29 is 9.21 Å². The van der Waals surface area contributed by atoms with Crippen LogP contribution in [0.4, 0.5) is 5.13 Å². The van der Waals surface area contributed by atoms with Crippen LogP contribution >= 0.6 is 23.1 Å². The molecule has 1 amide bonds. The second-order valence-corrected chi connectivity index (χ2v) is 7.13. The fourth-order valence-electron chi connectivity index (χ4n) is 2.66. The number of aryl methyl sites for hydroxylation is 2. The molecule has 4 aromatic rings. The van der Waals surface area contributed by atoms with Crippen LogP contribution in [0.25, 0.3) is 22.4 Å². The van der Waals surface area contributed by atoms with Crippen molar-refractivity contribution >= 4 is 45.1 Å². The zero-order valence-corrected chi connectivity index (χ0v) is 15.6. The van der Waals surface area contributed by atoms with E-state index in [1.165, 1.54) is 0 Å². The number of carbonyl (C=O) groups is 1. The summed E-state index contributed by atoms with van der Waals surface area (Å²) in [6, 6.07) is 13.2. The molecule has 130 valence electrons. The SMILES string of the molecule is Cc1ccc(-c2nsc(NC(=O)c3oc4ccc(Cl)cc4c3C)n2)cc1. The Morgan fingerprint density at radius 3 is 2.69 bits per heavy atom. The largest absolute Gasteiger partial charge is 0.451 e. The van der Waals surface area contributed by atoms with Crippen molar-refractivity contribution in [3.8, 4) is 11.4 Å². The molecule has 7 heteroatoms.